The molecule has 2 aromatic rings. The Kier molecular flexibility index (Phi) is 11.1. The quantitative estimate of drug-likeness (QED) is 0.178. The molecule has 1 aliphatic rings. The van der Waals surface area contributed by atoms with Gasteiger partial charge in [0.25, 0.3) is 0 Å². The molecule has 43 heavy (non-hydrogen) atoms. The normalized spacial score (nSPS) is 20.1. The molecule has 2 aromatic carbocycles. The van der Waals surface area contributed by atoms with E-state index in [-0.39, 0.29) is 43.3 Å². The molecule has 2 atom stereocenters. The molecule has 0 spiro atoms. The van der Waals surface area contributed by atoms with E-state index >= 15 is 0 Å². The second-order valence-corrected chi connectivity index (χ2v) is 11.3. The van der Waals surface area contributed by atoms with Gasteiger partial charge in [0.1, 0.15) is 5.84 Å². The standard InChI is InChI=1S/C32H42F3N5O3/c1-5-20(2)23-9-11-24(12-10-23)29(37)40(16-15-32(33,34)35)30(42)38-18-26(36)25-13-14-31(43,19-41)17-28(25)39-27-8-6-7-21(3)22(27)4/h6-12,20,37,41,43H,5,13-19,36H2,1-4H3,(H,38,42)/b26-25-,37-29?,39-28?. The van der Waals surface area contributed by atoms with Crippen molar-refractivity contribution in [1.29, 1.82) is 5.41 Å². The number of alkyl halides is 3. The number of aliphatic hydroxyl groups excluding tert-OH is 1. The minimum absolute atomic E-state index is 0.0376. The van der Waals surface area contributed by atoms with Crippen molar-refractivity contribution in [3.05, 3.63) is 76.0 Å². The molecule has 0 radical (unpaired) electrons. The van der Waals surface area contributed by atoms with Gasteiger partial charge in [-0.2, -0.15) is 13.2 Å². The van der Waals surface area contributed by atoms with Crippen LogP contribution >= 0.6 is 0 Å². The lowest BCUT2D eigenvalue weighted by molar-refractivity contribution is -0.135. The number of benzene rings is 2. The fourth-order valence-corrected chi connectivity index (χ4v) is 4.89. The smallest absolute Gasteiger partial charge is 0.390 e. The fourth-order valence-electron chi connectivity index (χ4n) is 4.89. The number of nitrogens with zero attached hydrogens (tertiary/aromatic N) is 2. The zero-order valence-corrected chi connectivity index (χ0v) is 25.2. The van der Waals surface area contributed by atoms with Gasteiger partial charge in [-0.15, -0.1) is 0 Å². The average molecular weight is 602 g/mol. The van der Waals surface area contributed by atoms with E-state index in [4.69, 9.17) is 16.1 Å². The first-order chi connectivity index (χ1) is 20.2. The number of nitrogens with one attached hydrogen (secondary N) is 2. The van der Waals surface area contributed by atoms with E-state index in [1.165, 1.54) is 0 Å². The highest BCUT2D eigenvalue weighted by atomic mass is 19.4. The van der Waals surface area contributed by atoms with E-state index in [9.17, 15) is 28.2 Å². The monoisotopic (exact) mass is 601 g/mol. The van der Waals surface area contributed by atoms with E-state index < -0.39 is 37.4 Å². The molecule has 3 rings (SSSR count). The van der Waals surface area contributed by atoms with Crippen LogP contribution in [0.1, 0.15) is 74.1 Å². The zero-order valence-electron chi connectivity index (χ0n) is 25.2. The summed E-state index contributed by atoms with van der Waals surface area (Å²) in [5.41, 5.74) is 10.3. The third-order valence-electron chi connectivity index (χ3n) is 8.13. The summed E-state index contributed by atoms with van der Waals surface area (Å²) in [4.78, 5) is 18.7. The van der Waals surface area contributed by atoms with Gasteiger partial charge in [-0.05, 0) is 67.4 Å². The Hall–Kier alpha value is -3.70. The molecule has 0 saturated heterocycles. The van der Waals surface area contributed by atoms with E-state index in [0.717, 1.165) is 28.0 Å². The van der Waals surface area contributed by atoms with Gasteiger partial charge < -0.3 is 21.3 Å². The van der Waals surface area contributed by atoms with Crippen LogP contribution in [0.15, 0.2) is 58.7 Å². The summed E-state index contributed by atoms with van der Waals surface area (Å²) in [6, 6.07) is 11.6. The summed E-state index contributed by atoms with van der Waals surface area (Å²) in [5, 5.41) is 31.7. The number of urea groups is 1. The first kappa shape index (κ1) is 33.8. The Labute approximate surface area is 251 Å². The summed E-state index contributed by atoms with van der Waals surface area (Å²) in [7, 11) is 0. The number of halogens is 3. The predicted molar refractivity (Wildman–Crippen MR) is 163 cm³/mol. The molecule has 8 nitrogen and oxygen atoms in total. The predicted octanol–water partition coefficient (Wildman–Crippen LogP) is 6.00. The molecular weight excluding hydrogens is 559 g/mol. The fraction of sp³-hybridized carbons (Fsp3) is 0.469. The Bertz CT molecular complexity index is 1370. The maximum atomic E-state index is 13.2. The van der Waals surface area contributed by atoms with Crippen molar-refractivity contribution in [2.75, 3.05) is 19.7 Å². The van der Waals surface area contributed by atoms with E-state index in [1.54, 1.807) is 12.1 Å². The molecule has 1 saturated carbocycles. The molecule has 1 aliphatic carbocycles. The maximum Gasteiger partial charge on any atom is 0.390 e. The highest BCUT2D eigenvalue weighted by Gasteiger charge is 2.35. The maximum absolute atomic E-state index is 13.2. The van der Waals surface area contributed by atoms with Crippen LogP contribution in [0, 0.1) is 19.3 Å². The number of aliphatic hydroxyl groups is 2. The number of hydrogen-bond donors (Lipinski definition) is 5. The third kappa shape index (κ3) is 8.90. The number of rotatable bonds is 9. The van der Waals surface area contributed by atoms with Crippen molar-refractivity contribution in [3.8, 4) is 0 Å². The molecule has 0 aromatic heterocycles. The molecule has 11 heteroatoms. The van der Waals surface area contributed by atoms with E-state index in [0.29, 0.717) is 22.5 Å². The molecule has 0 heterocycles. The lowest BCUT2D eigenvalue weighted by Gasteiger charge is -2.33. The summed E-state index contributed by atoms with van der Waals surface area (Å²) in [6.45, 7) is 6.57. The van der Waals surface area contributed by atoms with Crippen LogP contribution in [-0.4, -0.2) is 64.2 Å². The number of hydrogen-bond acceptors (Lipinski definition) is 6. The minimum atomic E-state index is -4.52. The molecule has 2 unspecified atom stereocenters. The SMILES string of the molecule is CCC(C)c1ccc(C(=N)N(CCC(F)(F)F)C(=O)NC/C(N)=C2\CCC(O)(CO)CC2=Nc2cccc(C)c2C)cc1. The first-order valence-corrected chi connectivity index (χ1v) is 14.4. The Morgan fingerprint density at radius 1 is 1.21 bits per heavy atom. The Morgan fingerprint density at radius 2 is 1.88 bits per heavy atom. The van der Waals surface area contributed by atoms with Crippen LogP contribution in [0.5, 0.6) is 0 Å². The van der Waals surface area contributed by atoms with Gasteiger partial charge in [0.2, 0.25) is 0 Å². The van der Waals surface area contributed by atoms with Crippen LogP contribution in [0.3, 0.4) is 0 Å². The van der Waals surface area contributed by atoms with E-state index in [2.05, 4.69) is 12.2 Å². The lowest BCUT2D eigenvalue weighted by Crippen LogP contribution is -2.46. The average Bonchev–Trinajstić information content (AvgIpc) is 2.97. The highest BCUT2D eigenvalue weighted by molar-refractivity contribution is 6.06. The van der Waals surface area contributed by atoms with Crippen LogP contribution in [0.2, 0.25) is 0 Å². The van der Waals surface area contributed by atoms with Gasteiger partial charge in [-0.25, -0.2) is 4.79 Å². The zero-order chi connectivity index (χ0) is 31.9. The number of carbonyl (C=O) groups excluding carboxylic acids is 1. The second-order valence-electron chi connectivity index (χ2n) is 11.3. The molecule has 2 amide bonds. The molecule has 234 valence electrons. The summed E-state index contributed by atoms with van der Waals surface area (Å²) < 4.78 is 39.4. The number of amides is 2. The second kappa shape index (κ2) is 14.2. The molecule has 1 fully saturated rings. The van der Waals surface area contributed by atoms with Crippen molar-refractivity contribution >= 4 is 23.3 Å². The largest absolute Gasteiger partial charge is 0.400 e. The highest BCUT2D eigenvalue weighted by Crippen LogP contribution is 2.33. The topological polar surface area (TPSA) is 135 Å². The van der Waals surface area contributed by atoms with Crippen LogP contribution < -0.4 is 11.1 Å². The Morgan fingerprint density at radius 3 is 2.49 bits per heavy atom. The van der Waals surface area contributed by atoms with Crippen molar-refractivity contribution in [3.63, 3.8) is 0 Å². The lowest BCUT2D eigenvalue weighted by atomic mass is 9.80. The van der Waals surface area contributed by atoms with Gasteiger partial charge >= 0.3 is 12.2 Å². The van der Waals surface area contributed by atoms with Gasteiger partial charge in [0.15, 0.2) is 0 Å². The van der Waals surface area contributed by atoms with Crippen molar-refractivity contribution in [2.24, 2.45) is 10.7 Å². The van der Waals surface area contributed by atoms with Crippen LogP contribution in [0.25, 0.3) is 0 Å². The molecule has 6 N–H and O–H groups in total. The van der Waals surface area contributed by atoms with Gasteiger partial charge in [-0.3, -0.25) is 15.3 Å². The molecule has 0 bridgehead atoms. The molecule has 0 aliphatic heterocycles. The number of carbonyl (C=O) groups is 1. The van der Waals surface area contributed by atoms with Crippen LogP contribution in [-0.2, 0) is 0 Å². The van der Waals surface area contributed by atoms with Crippen molar-refractivity contribution < 1.29 is 28.2 Å². The summed E-state index contributed by atoms with van der Waals surface area (Å²) in [5.74, 6) is -0.0770. The summed E-state index contributed by atoms with van der Waals surface area (Å²) >= 11 is 0. The number of aryl methyl sites for hydroxylation is 1. The Balaban J connectivity index is 1.87. The number of aliphatic imine (C=N–C) groups is 1. The number of amidine groups is 1. The van der Waals surface area contributed by atoms with Crippen molar-refractivity contribution in [2.45, 2.75) is 77.5 Å². The number of nitrogens with two attached hydrogens (primary N) is 1. The van der Waals surface area contributed by atoms with Crippen LogP contribution in [0.4, 0.5) is 23.7 Å². The van der Waals surface area contributed by atoms with Gasteiger partial charge in [-0.1, -0.05) is 50.2 Å². The summed E-state index contributed by atoms with van der Waals surface area (Å²) in [6.07, 6.45) is -4.37. The first-order valence-electron chi connectivity index (χ1n) is 14.4. The van der Waals surface area contributed by atoms with Gasteiger partial charge in [0.05, 0.1) is 30.9 Å². The van der Waals surface area contributed by atoms with Crippen molar-refractivity contribution in [1.82, 2.24) is 10.2 Å². The third-order valence-corrected chi connectivity index (χ3v) is 8.13. The van der Waals surface area contributed by atoms with E-state index in [1.807, 2.05) is 51.1 Å². The molecular formula is C32H42F3N5O3. The minimum Gasteiger partial charge on any atom is -0.400 e. The van der Waals surface area contributed by atoms with Gasteiger partial charge in [0, 0.05) is 29.9 Å². The number of allylic oxidation sites excluding steroid dienone is 1.